The Bertz CT molecular complexity index is 419. The molecule has 0 saturated heterocycles. The van der Waals surface area contributed by atoms with Gasteiger partial charge >= 0.3 is 0 Å². The molecule has 0 saturated carbocycles. The zero-order chi connectivity index (χ0) is 13.7. The summed E-state index contributed by atoms with van der Waals surface area (Å²) in [5, 5.41) is 22.3. The Morgan fingerprint density at radius 1 is 1.44 bits per heavy atom. The monoisotopic (exact) mass is 253 g/mol. The summed E-state index contributed by atoms with van der Waals surface area (Å²) in [5.74, 6) is 0.366. The molecule has 100 valence electrons. The van der Waals surface area contributed by atoms with Gasteiger partial charge in [-0.3, -0.25) is 4.79 Å². The summed E-state index contributed by atoms with van der Waals surface area (Å²) in [6.45, 7) is 3.20. The highest BCUT2D eigenvalue weighted by Gasteiger charge is 2.20. The van der Waals surface area contributed by atoms with Gasteiger partial charge in [-0.15, -0.1) is 0 Å². The minimum atomic E-state index is -1.06. The van der Waals surface area contributed by atoms with E-state index in [9.17, 15) is 15.0 Å². The molecule has 1 aromatic carbocycles. The van der Waals surface area contributed by atoms with E-state index in [1.807, 2.05) is 13.0 Å². The molecule has 3 N–H and O–H groups in total. The van der Waals surface area contributed by atoms with Crippen LogP contribution in [-0.2, 0) is 4.79 Å². The van der Waals surface area contributed by atoms with Gasteiger partial charge in [0.05, 0.1) is 7.11 Å². The van der Waals surface area contributed by atoms with Crippen molar-refractivity contribution in [3.8, 4) is 5.75 Å². The van der Waals surface area contributed by atoms with Crippen LogP contribution < -0.4 is 10.1 Å². The highest BCUT2D eigenvalue weighted by atomic mass is 16.5. The average molecular weight is 253 g/mol. The number of benzene rings is 1. The molecule has 2 atom stereocenters. The number of nitrogens with one attached hydrogen (secondary N) is 1. The van der Waals surface area contributed by atoms with Crippen molar-refractivity contribution >= 4 is 5.91 Å². The van der Waals surface area contributed by atoms with Gasteiger partial charge in [-0.05, 0) is 30.2 Å². The molecule has 1 rings (SSSR count). The number of hydrogen-bond donors (Lipinski definition) is 3. The first kappa shape index (κ1) is 14.5. The molecule has 0 aliphatic rings. The van der Waals surface area contributed by atoms with Crippen LogP contribution in [0.25, 0.3) is 0 Å². The predicted octanol–water partition coefficient (Wildman–Crippen LogP) is 0.534. The molecule has 1 aromatic rings. The molecule has 0 heterocycles. The van der Waals surface area contributed by atoms with Crippen molar-refractivity contribution in [2.24, 2.45) is 0 Å². The highest BCUT2D eigenvalue weighted by Crippen LogP contribution is 2.25. The summed E-state index contributed by atoms with van der Waals surface area (Å²) in [5.41, 5.74) is 1.44. The van der Waals surface area contributed by atoms with Crippen LogP contribution in [0.5, 0.6) is 5.75 Å². The molecule has 5 heteroatoms. The maximum atomic E-state index is 10.8. The summed E-state index contributed by atoms with van der Waals surface area (Å²) in [6.07, 6.45) is -2.12. The third-order valence-corrected chi connectivity index (χ3v) is 2.73. The van der Waals surface area contributed by atoms with Crippen molar-refractivity contribution in [1.29, 1.82) is 0 Å². The fraction of sp³-hybridized carbons (Fsp3) is 0.462. The van der Waals surface area contributed by atoms with Gasteiger partial charge in [0.2, 0.25) is 5.91 Å². The maximum Gasteiger partial charge on any atom is 0.216 e. The lowest BCUT2D eigenvalue weighted by molar-refractivity contribution is -0.119. The number of carbonyl (C=O) groups is 1. The normalized spacial score (nSPS) is 13.8. The number of carbonyl (C=O) groups excluding carboxylic acids is 1. The van der Waals surface area contributed by atoms with Crippen molar-refractivity contribution in [3.63, 3.8) is 0 Å². The number of methoxy groups -OCH3 is 1. The fourth-order valence-electron chi connectivity index (χ4n) is 1.63. The van der Waals surface area contributed by atoms with Crippen LogP contribution in [0.3, 0.4) is 0 Å². The predicted molar refractivity (Wildman–Crippen MR) is 67.4 cm³/mol. The van der Waals surface area contributed by atoms with E-state index in [4.69, 9.17) is 4.74 Å². The number of amides is 1. The lowest BCUT2D eigenvalue weighted by Crippen LogP contribution is -2.34. The Kier molecular flexibility index (Phi) is 5.12. The highest BCUT2D eigenvalue weighted by molar-refractivity contribution is 5.72. The van der Waals surface area contributed by atoms with Crippen molar-refractivity contribution in [2.75, 3.05) is 13.7 Å². The van der Waals surface area contributed by atoms with Crippen LogP contribution in [-0.4, -0.2) is 35.9 Å². The summed E-state index contributed by atoms with van der Waals surface area (Å²) >= 11 is 0. The molecule has 1 amide bonds. The topological polar surface area (TPSA) is 78.8 Å². The van der Waals surface area contributed by atoms with Gasteiger partial charge in [0.15, 0.2) is 0 Å². The van der Waals surface area contributed by atoms with E-state index in [1.165, 1.54) is 14.0 Å². The first-order valence-electron chi connectivity index (χ1n) is 5.70. The van der Waals surface area contributed by atoms with Gasteiger partial charge in [0, 0.05) is 13.5 Å². The molecule has 2 unspecified atom stereocenters. The van der Waals surface area contributed by atoms with E-state index in [2.05, 4.69) is 5.32 Å². The molecular weight excluding hydrogens is 234 g/mol. The molecule has 0 aromatic heterocycles. The zero-order valence-electron chi connectivity index (χ0n) is 10.8. The van der Waals surface area contributed by atoms with Crippen molar-refractivity contribution < 1.29 is 19.7 Å². The SMILES string of the molecule is COc1ccc(C)c(C(O)C(O)CNC(C)=O)c1. The summed E-state index contributed by atoms with van der Waals surface area (Å²) < 4.78 is 5.08. The second-order valence-corrected chi connectivity index (χ2v) is 4.17. The Morgan fingerprint density at radius 2 is 2.11 bits per heavy atom. The van der Waals surface area contributed by atoms with E-state index >= 15 is 0 Å². The number of aliphatic hydroxyl groups is 2. The van der Waals surface area contributed by atoms with Gasteiger partial charge in [-0.25, -0.2) is 0 Å². The van der Waals surface area contributed by atoms with E-state index in [0.717, 1.165) is 5.56 Å². The van der Waals surface area contributed by atoms with Crippen LogP contribution in [0.4, 0.5) is 0 Å². The second kappa shape index (κ2) is 6.37. The Hall–Kier alpha value is -1.59. The Morgan fingerprint density at radius 3 is 2.67 bits per heavy atom. The minimum absolute atomic E-state index is 0.00709. The smallest absolute Gasteiger partial charge is 0.216 e. The quantitative estimate of drug-likeness (QED) is 0.715. The number of aliphatic hydroxyl groups excluding tert-OH is 2. The number of hydrogen-bond acceptors (Lipinski definition) is 4. The maximum absolute atomic E-state index is 10.8. The van der Waals surface area contributed by atoms with E-state index in [-0.39, 0.29) is 12.5 Å². The van der Waals surface area contributed by atoms with E-state index in [0.29, 0.717) is 11.3 Å². The van der Waals surface area contributed by atoms with Gasteiger partial charge in [-0.2, -0.15) is 0 Å². The molecular formula is C13H19NO4. The van der Waals surface area contributed by atoms with E-state index in [1.54, 1.807) is 12.1 Å². The fourth-order valence-corrected chi connectivity index (χ4v) is 1.63. The third-order valence-electron chi connectivity index (χ3n) is 2.73. The number of ether oxygens (including phenoxy) is 1. The number of rotatable bonds is 5. The molecule has 18 heavy (non-hydrogen) atoms. The standard InChI is InChI=1S/C13H19NO4/c1-8-4-5-10(18-3)6-11(8)13(17)12(16)7-14-9(2)15/h4-6,12-13,16-17H,7H2,1-3H3,(H,14,15). The zero-order valence-corrected chi connectivity index (χ0v) is 10.8. The largest absolute Gasteiger partial charge is 0.497 e. The summed E-state index contributed by atoms with van der Waals surface area (Å²) in [6, 6.07) is 5.27. The van der Waals surface area contributed by atoms with Crippen molar-refractivity contribution in [2.45, 2.75) is 26.1 Å². The van der Waals surface area contributed by atoms with Crippen molar-refractivity contribution in [3.05, 3.63) is 29.3 Å². The third kappa shape index (κ3) is 3.72. The second-order valence-electron chi connectivity index (χ2n) is 4.17. The molecule has 0 bridgehead atoms. The lowest BCUT2D eigenvalue weighted by atomic mass is 9.99. The summed E-state index contributed by atoms with van der Waals surface area (Å²) in [4.78, 5) is 10.8. The van der Waals surface area contributed by atoms with Crippen molar-refractivity contribution in [1.82, 2.24) is 5.32 Å². The van der Waals surface area contributed by atoms with Crippen LogP contribution in [0.1, 0.15) is 24.2 Å². The Balaban J connectivity index is 2.81. The first-order valence-corrected chi connectivity index (χ1v) is 5.70. The molecule has 0 aliphatic heterocycles. The van der Waals surface area contributed by atoms with Crippen LogP contribution in [0.2, 0.25) is 0 Å². The molecule has 0 fully saturated rings. The van der Waals surface area contributed by atoms with Gasteiger partial charge in [0.25, 0.3) is 0 Å². The molecule has 5 nitrogen and oxygen atoms in total. The van der Waals surface area contributed by atoms with Gasteiger partial charge in [0.1, 0.15) is 18.0 Å². The molecule has 0 aliphatic carbocycles. The molecule has 0 radical (unpaired) electrons. The first-order chi connectivity index (χ1) is 8.45. The van der Waals surface area contributed by atoms with Crippen LogP contribution >= 0.6 is 0 Å². The number of aryl methyl sites for hydroxylation is 1. The summed E-state index contributed by atoms with van der Waals surface area (Å²) in [7, 11) is 1.54. The lowest BCUT2D eigenvalue weighted by Gasteiger charge is -2.20. The minimum Gasteiger partial charge on any atom is -0.497 e. The Labute approximate surface area is 106 Å². The van der Waals surface area contributed by atoms with Gasteiger partial charge < -0.3 is 20.3 Å². The molecule has 0 spiro atoms. The average Bonchev–Trinajstić information content (AvgIpc) is 2.35. The van der Waals surface area contributed by atoms with E-state index < -0.39 is 12.2 Å². The van der Waals surface area contributed by atoms with Crippen LogP contribution in [0.15, 0.2) is 18.2 Å². The van der Waals surface area contributed by atoms with Gasteiger partial charge in [-0.1, -0.05) is 6.07 Å². The van der Waals surface area contributed by atoms with Crippen LogP contribution in [0, 0.1) is 6.92 Å².